The van der Waals surface area contributed by atoms with Gasteiger partial charge in [0.2, 0.25) is 5.91 Å². The summed E-state index contributed by atoms with van der Waals surface area (Å²) in [5.41, 5.74) is 2.05. The van der Waals surface area contributed by atoms with Crippen LogP contribution in [0.25, 0.3) is 0 Å². The van der Waals surface area contributed by atoms with Crippen molar-refractivity contribution in [2.45, 2.75) is 25.3 Å². The number of carbonyl (C=O) groups is 3. The molecule has 164 valence electrons. The van der Waals surface area contributed by atoms with Crippen molar-refractivity contribution in [1.82, 2.24) is 10.2 Å². The molecule has 3 amide bonds. The monoisotopic (exact) mass is 442 g/mol. The summed E-state index contributed by atoms with van der Waals surface area (Å²) in [4.78, 5) is 40.6. The minimum atomic E-state index is -0.765. The van der Waals surface area contributed by atoms with Crippen LogP contribution in [-0.2, 0) is 14.4 Å². The smallest absolute Gasteiger partial charge is 0.313 e. The molecule has 1 aliphatic rings. The highest BCUT2D eigenvalue weighted by molar-refractivity contribution is 6.39. The summed E-state index contributed by atoms with van der Waals surface area (Å²) in [6, 6.07) is 14.2. The number of nitrogens with zero attached hydrogens (tertiary/aromatic N) is 2. The first kappa shape index (κ1) is 22.8. The van der Waals surface area contributed by atoms with Crippen molar-refractivity contribution in [3.63, 3.8) is 0 Å². The lowest BCUT2D eigenvalue weighted by atomic mass is 10.1. The quantitative estimate of drug-likeness (QED) is 0.673. The third kappa shape index (κ3) is 5.83. The highest BCUT2D eigenvalue weighted by Crippen LogP contribution is 2.26. The Kier molecular flexibility index (Phi) is 7.65. The molecule has 0 radical (unpaired) electrons. The maximum absolute atomic E-state index is 12.4. The lowest BCUT2D eigenvalue weighted by Gasteiger charge is -2.27. The van der Waals surface area contributed by atoms with Gasteiger partial charge < -0.3 is 20.4 Å². The number of rotatable bonds is 6. The average molecular weight is 443 g/mol. The Hall–Kier alpha value is -2.90. The van der Waals surface area contributed by atoms with Gasteiger partial charge in [0.25, 0.3) is 0 Å². The summed E-state index contributed by atoms with van der Waals surface area (Å²) in [5, 5.41) is 5.89. The molecule has 1 saturated heterocycles. The van der Waals surface area contributed by atoms with E-state index < -0.39 is 11.8 Å². The topological polar surface area (TPSA) is 81.8 Å². The molecular weight excluding hydrogens is 416 g/mol. The van der Waals surface area contributed by atoms with E-state index in [0.29, 0.717) is 29.4 Å². The summed E-state index contributed by atoms with van der Waals surface area (Å²) in [7, 11) is 3.77. The van der Waals surface area contributed by atoms with E-state index in [4.69, 9.17) is 11.6 Å². The van der Waals surface area contributed by atoms with Crippen molar-refractivity contribution < 1.29 is 14.4 Å². The van der Waals surface area contributed by atoms with Gasteiger partial charge in [0, 0.05) is 35.9 Å². The van der Waals surface area contributed by atoms with Crippen molar-refractivity contribution in [3.8, 4) is 0 Å². The van der Waals surface area contributed by atoms with Gasteiger partial charge in [-0.3, -0.25) is 14.4 Å². The first-order valence-corrected chi connectivity index (χ1v) is 10.6. The Bertz CT molecular complexity index is 963. The Morgan fingerprint density at radius 1 is 1.10 bits per heavy atom. The Morgan fingerprint density at radius 2 is 1.87 bits per heavy atom. The van der Waals surface area contributed by atoms with Crippen LogP contribution in [0.1, 0.15) is 30.9 Å². The average Bonchev–Trinajstić information content (AvgIpc) is 2.75. The molecule has 2 aromatic rings. The fourth-order valence-electron chi connectivity index (χ4n) is 3.60. The van der Waals surface area contributed by atoms with Gasteiger partial charge in [0.1, 0.15) is 0 Å². The predicted octanol–water partition coefficient (Wildman–Crippen LogP) is 3.21. The van der Waals surface area contributed by atoms with Gasteiger partial charge in [-0.25, -0.2) is 0 Å². The molecule has 8 heteroatoms. The van der Waals surface area contributed by atoms with E-state index in [1.165, 1.54) is 0 Å². The molecule has 1 atom stereocenters. The zero-order valence-corrected chi connectivity index (χ0v) is 18.5. The maximum Gasteiger partial charge on any atom is 0.313 e. The first-order chi connectivity index (χ1) is 14.9. The highest BCUT2D eigenvalue weighted by Gasteiger charge is 2.22. The first-order valence-electron chi connectivity index (χ1n) is 10.3. The van der Waals surface area contributed by atoms with Crippen LogP contribution in [0.15, 0.2) is 48.5 Å². The fraction of sp³-hybridized carbons (Fsp3) is 0.348. The van der Waals surface area contributed by atoms with E-state index in [9.17, 15) is 14.4 Å². The molecular formula is C23H27ClN4O3. The zero-order valence-electron chi connectivity index (χ0n) is 17.7. The molecule has 0 saturated carbocycles. The molecule has 2 aromatic carbocycles. The second-order valence-corrected chi connectivity index (χ2v) is 8.13. The van der Waals surface area contributed by atoms with Crippen LogP contribution >= 0.6 is 11.6 Å². The molecule has 0 aliphatic carbocycles. The predicted molar refractivity (Wildman–Crippen MR) is 122 cm³/mol. The normalized spacial score (nSPS) is 15.0. The van der Waals surface area contributed by atoms with Crippen LogP contribution in [0.5, 0.6) is 0 Å². The number of halogens is 1. The number of piperidine rings is 1. The summed E-state index contributed by atoms with van der Waals surface area (Å²) in [6.45, 7) is 0.885. The Labute approximate surface area is 187 Å². The van der Waals surface area contributed by atoms with Gasteiger partial charge >= 0.3 is 11.8 Å². The summed E-state index contributed by atoms with van der Waals surface area (Å²) in [5.74, 6) is -1.43. The molecule has 2 N–H and O–H groups in total. The summed E-state index contributed by atoms with van der Waals surface area (Å²) < 4.78 is 0. The van der Waals surface area contributed by atoms with Crippen molar-refractivity contribution in [2.75, 3.05) is 37.4 Å². The van der Waals surface area contributed by atoms with Gasteiger partial charge in [-0.1, -0.05) is 35.9 Å². The van der Waals surface area contributed by atoms with E-state index in [-0.39, 0.29) is 18.5 Å². The number of nitrogens with one attached hydrogen (secondary N) is 2. The molecule has 3 rings (SSSR count). The maximum atomic E-state index is 12.4. The lowest BCUT2D eigenvalue weighted by Crippen LogP contribution is -2.40. The van der Waals surface area contributed by atoms with Crippen LogP contribution in [0, 0.1) is 0 Å². The molecule has 0 spiro atoms. The summed E-state index contributed by atoms with van der Waals surface area (Å²) >= 11 is 6.29. The number of hydrogen-bond acceptors (Lipinski definition) is 4. The van der Waals surface area contributed by atoms with E-state index in [1.807, 2.05) is 43.3 Å². The van der Waals surface area contributed by atoms with Crippen molar-refractivity contribution in [1.29, 1.82) is 0 Å². The SMILES string of the molecule is CN(C)C(CNC(=O)C(=O)Nc1cccc(N2CCCCC2=O)c1)c1ccccc1Cl. The van der Waals surface area contributed by atoms with Crippen LogP contribution in [0.4, 0.5) is 11.4 Å². The molecule has 1 fully saturated rings. The number of hydrogen-bond donors (Lipinski definition) is 2. The van der Waals surface area contributed by atoms with E-state index in [1.54, 1.807) is 29.2 Å². The van der Waals surface area contributed by atoms with Crippen LogP contribution in [-0.4, -0.2) is 49.8 Å². The fourth-order valence-corrected chi connectivity index (χ4v) is 3.87. The van der Waals surface area contributed by atoms with Crippen molar-refractivity contribution in [2.24, 2.45) is 0 Å². The number of likely N-dealkylation sites (N-methyl/N-ethyl adjacent to an activating group) is 1. The molecule has 31 heavy (non-hydrogen) atoms. The largest absolute Gasteiger partial charge is 0.346 e. The van der Waals surface area contributed by atoms with Crippen molar-refractivity contribution in [3.05, 3.63) is 59.1 Å². The zero-order chi connectivity index (χ0) is 22.4. The standard InChI is InChI=1S/C23H27ClN4O3/c1-27(2)20(18-10-3-4-11-19(18)24)15-25-22(30)23(31)26-16-8-7-9-17(14-16)28-13-6-5-12-21(28)29/h3-4,7-11,14,20H,5-6,12-13,15H2,1-2H3,(H,25,30)(H,26,31). The van der Waals surface area contributed by atoms with E-state index in [2.05, 4.69) is 10.6 Å². The lowest BCUT2D eigenvalue weighted by molar-refractivity contribution is -0.136. The minimum absolute atomic E-state index is 0.0711. The molecule has 0 aromatic heterocycles. The van der Waals surface area contributed by atoms with Gasteiger partial charge in [0.15, 0.2) is 0 Å². The molecule has 0 bridgehead atoms. The van der Waals surface area contributed by atoms with Gasteiger partial charge in [-0.15, -0.1) is 0 Å². The number of anilines is 2. The molecule has 1 aliphatic heterocycles. The van der Waals surface area contributed by atoms with Crippen LogP contribution < -0.4 is 15.5 Å². The number of amides is 3. The summed E-state index contributed by atoms with van der Waals surface area (Å²) in [6.07, 6.45) is 2.37. The van der Waals surface area contributed by atoms with Gasteiger partial charge in [-0.2, -0.15) is 0 Å². The second-order valence-electron chi connectivity index (χ2n) is 7.72. The molecule has 1 unspecified atom stereocenters. The minimum Gasteiger partial charge on any atom is -0.346 e. The van der Waals surface area contributed by atoms with E-state index in [0.717, 1.165) is 18.4 Å². The third-order valence-electron chi connectivity index (χ3n) is 5.29. The van der Waals surface area contributed by atoms with E-state index >= 15 is 0 Å². The Balaban J connectivity index is 1.61. The van der Waals surface area contributed by atoms with Gasteiger partial charge in [0.05, 0.1) is 6.04 Å². The molecule has 7 nitrogen and oxygen atoms in total. The highest BCUT2D eigenvalue weighted by atomic mass is 35.5. The Morgan fingerprint density at radius 3 is 2.58 bits per heavy atom. The van der Waals surface area contributed by atoms with Crippen molar-refractivity contribution >= 4 is 40.7 Å². The second kappa shape index (κ2) is 10.4. The van der Waals surface area contributed by atoms with Crippen LogP contribution in [0.3, 0.4) is 0 Å². The number of benzene rings is 2. The molecule has 1 heterocycles. The number of carbonyl (C=O) groups excluding carboxylic acids is 3. The van der Waals surface area contributed by atoms with Crippen LogP contribution in [0.2, 0.25) is 5.02 Å². The third-order valence-corrected chi connectivity index (χ3v) is 5.63. The van der Waals surface area contributed by atoms with Gasteiger partial charge in [-0.05, 0) is 56.8 Å².